The van der Waals surface area contributed by atoms with Crippen LogP contribution in [0, 0.1) is 18.6 Å². The fourth-order valence-corrected chi connectivity index (χ4v) is 4.53. The van der Waals surface area contributed by atoms with Crippen molar-refractivity contribution >= 4 is 32.1 Å². The van der Waals surface area contributed by atoms with Gasteiger partial charge in [-0.1, -0.05) is 6.07 Å². The second-order valence-electron chi connectivity index (χ2n) is 8.19. The Hall–Kier alpha value is -2.45. The first-order valence-electron chi connectivity index (χ1n) is 10.2. The van der Waals surface area contributed by atoms with Crippen LogP contribution >= 0.6 is 0 Å². The highest BCUT2D eigenvalue weighted by molar-refractivity contribution is 7.90. The zero-order chi connectivity index (χ0) is 22.8. The largest absolute Gasteiger partial charge is 0.355 e. The van der Waals surface area contributed by atoms with Crippen LogP contribution in [0.4, 0.5) is 20.2 Å². The van der Waals surface area contributed by atoms with Gasteiger partial charge in [-0.2, -0.15) is 0 Å². The Morgan fingerprint density at radius 3 is 2.39 bits per heavy atom. The molecule has 0 spiro atoms. The van der Waals surface area contributed by atoms with E-state index in [1.807, 2.05) is 32.3 Å². The summed E-state index contributed by atoms with van der Waals surface area (Å²) in [5.74, 6) is -1.53. The quantitative estimate of drug-likeness (QED) is 0.479. The minimum absolute atomic E-state index is 0.224. The number of rotatable bonds is 9. The lowest BCUT2D eigenvalue weighted by Gasteiger charge is -2.18. The molecule has 3 aromatic rings. The van der Waals surface area contributed by atoms with Crippen LogP contribution in [-0.4, -0.2) is 43.5 Å². The van der Waals surface area contributed by atoms with Crippen LogP contribution in [0.2, 0.25) is 0 Å². The van der Waals surface area contributed by atoms with Crippen molar-refractivity contribution in [2.24, 2.45) is 7.05 Å². The Balaban J connectivity index is 1.73. The van der Waals surface area contributed by atoms with E-state index in [-0.39, 0.29) is 5.75 Å². The second kappa shape index (κ2) is 9.36. The van der Waals surface area contributed by atoms with E-state index >= 15 is 0 Å². The number of sulfone groups is 1. The number of unbranched alkanes of at least 4 members (excludes halogenated alkanes) is 1. The summed E-state index contributed by atoms with van der Waals surface area (Å²) in [5.41, 5.74) is 4.70. The van der Waals surface area contributed by atoms with Crippen LogP contribution in [0.1, 0.15) is 24.1 Å². The molecular formula is C23H29F2N3O2S. The molecule has 168 valence electrons. The Morgan fingerprint density at radius 1 is 1.03 bits per heavy atom. The molecule has 0 saturated carbocycles. The van der Waals surface area contributed by atoms with Crippen molar-refractivity contribution in [1.29, 1.82) is 0 Å². The molecule has 0 fully saturated rings. The summed E-state index contributed by atoms with van der Waals surface area (Å²) in [6.07, 6.45) is 2.76. The number of nitrogens with one attached hydrogen (secondary N) is 1. The van der Waals surface area contributed by atoms with Gasteiger partial charge in [0.15, 0.2) is 11.6 Å². The van der Waals surface area contributed by atoms with Crippen LogP contribution in [-0.2, 0) is 23.4 Å². The summed E-state index contributed by atoms with van der Waals surface area (Å²) >= 11 is 0. The van der Waals surface area contributed by atoms with Gasteiger partial charge in [-0.25, -0.2) is 17.2 Å². The summed E-state index contributed by atoms with van der Waals surface area (Å²) in [6, 6.07) is 9.70. The van der Waals surface area contributed by atoms with Crippen molar-refractivity contribution in [3.63, 3.8) is 0 Å². The van der Waals surface area contributed by atoms with Gasteiger partial charge >= 0.3 is 0 Å². The van der Waals surface area contributed by atoms with E-state index in [1.165, 1.54) is 23.6 Å². The highest BCUT2D eigenvalue weighted by Gasteiger charge is 2.14. The SMILES string of the molecule is Cc1c(CN(C)CCCCS(C)(=O)=O)n(C)c2cc(Nc3ccc(F)c(F)c3)ccc12. The van der Waals surface area contributed by atoms with Gasteiger partial charge in [0.1, 0.15) is 9.84 Å². The predicted octanol–water partition coefficient (Wildman–Crippen LogP) is 4.77. The molecule has 0 aliphatic rings. The summed E-state index contributed by atoms with van der Waals surface area (Å²) < 4.78 is 51.3. The predicted molar refractivity (Wildman–Crippen MR) is 123 cm³/mol. The number of aryl methyl sites for hydroxylation is 2. The number of hydrogen-bond acceptors (Lipinski definition) is 4. The fourth-order valence-electron chi connectivity index (χ4n) is 3.80. The van der Waals surface area contributed by atoms with E-state index in [0.717, 1.165) is 48.2 Å². The molecule has 31 heavy (non-hydrogen) atoms. The average Bonchev–Trinajstić information content (AvgIpc) is 2.92. The number of aromatic nitrogens is 1. The molecule has 1 N–H and O–H groups in total. The fraction of sp³-hybridized carbons (Fsp3) is 0.391. The number of benzene rings is 2. The third-order valence-corrected chi connectivity index (χ3v) is 6.56. The lowest BCUT2D eigenvalue weighted by Crippen LogP contribution is -2.21. The van der Waals surface area contributed by atoms with Crippen LogP contribution in [0.5, 0.6) is 0 Å². The zero-order valence-corrected chi connectivity index (χ0v) is 19.2. The van der Waals surface area contributed by atoms with Gasteiger partial charge in [0.25, 0.3) is 0 Å². The first-order valence-corrected chi connectivity index (χ1v) is 12.3. The molecule has 8 heteroatoms. The van der Waals surface area contributed by atoms with E-state index in [1.54, 1.807) is 0 Å². The Bertz CT molecular complexity index is 1190. The third kappa shape index (κ3) is 5.83. The molecule has 0 unspecified atom stereocenters. The van der Waals surface area contributed by atoms with E-state index in [9.17, 15) is 17.2 Å². The van der Waals surface area contributed by atoms with Gasteiger partial charge in [-0.05, 0) is 63.2 Å². The van der Waals surface area contributed by atoms with Crippen LogP contribution < -0.4 is 5.32 Å². The third-order valence-electron chi connectivity index (χ3n) is 5.53. The molecule has 0 bridgehead atoms. The van der Waals surface area contributed by atoms with Crippen LogP contribution in [0.15, 0.2) is 36.4 Å². The van der Waals surface area contributed by atoms with Gasteiger partial charge in [0.2, 0.25) is 0 Å². The molecule has 2 aromatic carbocycles. The molecule has 0 aliphatic carbocycles. The van der Waals surface area contributed by atoms with Crippen molar-refractivity contribution in [2.45, 2.75) is 26.3 Å². The molecular weight excluding hydrogens is 420 g/mol. The van der Waals surface area contributed by atoms with Crippen molar-refractivity contribution in [3.8, 4) is 0 Å². The molecule has 0 radical (unpaired) electrons. The van der Waals surface area contributed by atoms with Crippen LogP contribution in [0.25, 0.3) is 10.9 Å². The maximum absolute atomic E-state index is 13.5. The van der Waals surface area contributed by atoms with Gasteiger partial charge < -0.3 is 14.8 Å². The molecule has 1 aromatic heterocycles. The first kappa shape index (κ1) is 23.2. The van der Waals surface area contributed by atoms with Crippen LogP contribution in [0.3, 0.4) is 0 Å². The van der Waals surface area contributed by atoms with Gasteiger partial charge in [0, 0.05) is 54.1 Å². The van der Waals surface area contributed by atoms with Gasteiger partial charge in [-0.3, -0.25) is 0 Å². The summed E-state index contributed by atoms with van der Waals surface area (Å²) in [7, 11) is 1.14. The lowest BCUT2D eigenvalue weighted by atomic mass is 10.1. The van der Waals surface area contributed by atoms with E-state index in [2.05, 4.69) is 21.7 Å². The first-order chi connectivity index (χ1) is 14.5. The number of halogens is 2. The molecule has 0 amide bonds. The number of anilines is 2. The van der Waals surface area contributed by atoms with Crippen molar-refractivity contribution < 1.29 is 17.2 Å². The van der Waals surface area contributed by atoms with Crippen molar-refractivity contribution in [3.05, 3.63) is 59.3 Å². The molecule has 3 rings (SSSR count). The van der Waals surface area contributed by atoms with Crippen molar-refractivity contribution in [1.82, 2.24) is 9.47 Å². The number of nitrogens with zero attached hydrogens (tertiary/aromatic N) is 2. The Labute approximate surface area is 182 Å². The maximum atomic E-state index is 13.5. The smallest absolute Gasteiger partial charge is 0.160 e. The van der Waals surface area contributed by atoms with E-state index in [0.29, 0.717) is 12.1 Å². The minimum Gasteiger partial charge on any atom is -0.355 e. The molecule has 0 atom stereocenters. The second-order valence-corrected chi connectivity index (χ2v) is 10.5. The number of hydrogen-bond donors (Lipinski definition) is 1. The molecule has 0 saturated heterocycles. The van der Waals surface area contributed by atoms with Gasteiger partial charge in [0.05, 0.1) is 5.52 Å². The Morgan fingerprint density at radius 2 is 1.71 bits per heavy atom. The topological polar surface area (TPSA) is 54.3 Å². The van der Waals surface area contributed by atoms with E-state index in [4.69, 9.17) is 0 Å². The Kier molecular flexibility index (Phi) is 7.01. The highest BCUT2D eigenvalue weighted by Crippen LogP contribution is 2.29. The maximum Gasteiger partial charge on any atom is 0.160 e. The molecule has 1 heterocycles. The standard InChI is InChI=1S/C23H29F2N3O2S/c1-16-19-9-7-18(26-17-8-10-20(24)21(25)13-17)14-22(19)28(3)23(16)15-27(2)11-5-6-12-31(4,29)30/h7-10,13-14,26H,5-6,11-12,15H2,1-4H3. The number of fused-ring (bicyclic) bond motifs is 1. The minimum atomic E-state index is -2.91. The average molecular weight is 450 g/mol. The summed E-state index contributed by atoms with van der Waals surface area (Å²) in [4.78, 5) is 2.20. The van der Waals surface area contributed by atoms with Crippen molar-refractivity contribution in [2.75, 3.05) is 30.9 Å². The molecule has 0 aliphatic heterocycles. The highest BCUT2D eigenvalue weighted by atomic mass is 32.2. The zero-order valence-electron chi connectivity index (χ0n) is 18.4. The summed E-state index contributed by atoms with van der Waals surface area (Å²) in [6.45, 7) is 3.67. The monoisotopic (exact) mass is 449 g/mol. The summed E-state index contributed by atoms with van der Waals surface area (Å²) in [5, 5.41) is 4.27. The normalized spacial score (nSPS) is 12.1. The lowest BCUT2D eigenvalue weighted by molar-refractivity contribution is 0.313. The van der Waals surface area contributed by atoms with Gasteiger partial charge in [-0.15, -0.1) is 0 Å². The molecule has 5 nitrogen and oxygen atoms in total. The van der Waals surface area contributed by atoms with E-state index < -0.39 is 21.5 Å².